The van der Waals surface area contributed by atoms with Crippen LogP contribution in [-0.4, -0.2) is 56.6 Å². The van der Waals surface area contributed by atoms with Gasteiger partial charge in [0.1, 0.15) is 0 Å². The minimum absolute atomic E-state index is 0.627. The van der Waals surface area contributed by atoms with Crippen LogP contribution in [0.3, 0.4) is 0 Å². The van der Waals surface area contributed by atoms with Crippen molar-refractivity contribution >= 4 is 5.69 Å². The van der Waals surface area contributed by atoms with Gasteiger partial charge in [-0.15, -0.1) is 0 Å². The van der Waals surface area contributed by atoms with Crippen LogP contribution in [0, 0.1) is 0 Å². The lowest BCUT2D eigenvalue weighted by molar-refractivity contribution is 0.232. The van der Waals surface area contributed by atoms with Gasteiger partial charge >= 0.3 is 0 Å². The van der Waals surface area contributed by atoms with E-state index in [1.165, 1.54) is 37.2 Å². The minimum atomic E-state index is 0.627. The van der Waals surface area contributed by atoms with Gasteiger partial charge in [0.15, 0.2) is 0 Å². The quantitative estimate of drug-likeness (QED) is 0.857. The number of para-hydroxylation sites is 1. The number of likely N-dealkylation sites (N-methyl/N-ethyl adjacent to an activating group) is 1. The third kappa shape index (κ3) is 3.47. The monoisotopic (exact) mass is 247 g/mol. The lowest BCUT2D eigenvalue weighted by Crippen LogP contribution is -2.42. The Bertz CT molecular complexity index is 376. The standard InChI is InChI=1S/C15H25N3/c1-17(2)9-6-10-18(3)14-11-13-7-4-5-8-15(13)16-12-14/h4-5,7-8,14,16H,6,9-12H2,1-3H3. The van der Waals surface area contributed by atoms with Crippen molar-refractivity contribution in [3.8, 4) is 0 Å². The number of hydrogen-bond donors (Lipinski definition) is 1. The zero-order chi connectivity index (χ0) is 13.0. The average Bonchev–Trinajstić information content (AvgIpc) is 2.37. The molecular formula is C15H25N3. The summed E-state index contributed by atoms with van der Waals surface area (Å²) in [5, 5.41) is 3.54. The van der Waals surface area contributed by atoms with E-state index in [4.69, 9.17) is 0 Å². The molecule has 1 aliphatic rings. The molecule has 0 saturated heterocycles. The SMILES string of the molecule is CN(C)CCCN(C)C1CNc2ccccc2C1. The van der Waals surface area contributed by atoms with Crippen molar-refractivity contribution in [3.05, 3.63) is 29.8 Å². The van der Waals surface area contributed by atoms with Gasteiger partial charge in [-0.05, 0) is 58.7 Å². The molecule has 0 saturated carbocycles. The van der Waals surface area contributed by atoms with Crippen LogP contribution >= 0.6 is 0 Å². The van der Waals surface area contributed by atoms with Crippen LogP contribution in [0.15, 0.2) is 24.3 Å². The number of nitrogens with zero attached hydrogens (tertiary/aromatic N) is 2. The smallest absolute Gasteiger partial charge is 0.0373 e. The highest BCUT2D eigenvalue weighted by Gasteiger charge is 2.20. The summed E-state index contributed by atoms with van der Waals surface area (Å²) in [6.07, 6.45) is 2.41. The number of anilines is 1. The number of nitrogens with one attached hydrogen (secondary N) is 1. The zero-order valence-corrected chi connectivity index (χ0v) is 11.8. The van der Waals surface area contributed by atoms with Crippen molar-refractivity contribution in [1.82, 2.24) is 9.80 Å². The Morgan fingerprint density at radius 3 is 2.72 bits per heavy atom. The van der Waals surface area contributed by atoms with Gasteiger partial charge in [-0.2, -0.15) is 0 Å². The maximum absolute atomic E-state index is 3.54. The summed E-state index contributed by atoms with van der Waals surface area (Å²) in [5.74, 6) is 0. The van der Waals surface area contributed by atoms with Crippen LogP contribution in [0.2, 0.25) is 0 Å². The molecular weight excluding hydrogens is 222 g/mol. The van der Waals surface area contributed by atoms with Crippen molar-refractivity contribution < 1.29 is 0 Å². The molecule has 1 N–H and O–H groups in total. The Kier molecular flexibility index (Phi) is 4.61. The maximum Gasteiger partial charge on any atom is 0.0373 e. The van der Waals surface area contributed by atoms with Gasteiger partial charge in [0.05, 0.1) is 0 Å². The Morgan fingerprint density at radius 2 is 1.94 bits per heavy atom. The second kappa shape index (κ2) is 6.21. The molecule has 0 aromatic heterocycles. The molecule has 3 nitrogen and oxygen atoms in total. The van der Waals surface area contributed by atoms with E-state index in [1.807, 2.05) is 0 Å². The second-order valence-corrected chi connectivity index (χ2v) is 5.53. The van der Waals surface area contributed by atoms with E-state index in [-0.39, 0.29) is 0 Å². The summed E-state index contributed by atoms with van der Waals surface area (Å²) in [7, 11) is 6.52. The summed E-state index contributed by atoms with van der Waals surface area (Å²) in [5.41, 5.74) is 2.77. The van der Waals surface area contributed by atoms with Crippen LogP contribution in [-0.2, 0) is 6.42 Å². The molecule has 1 aromatic carbocycles. The molecule has 0 bridgehead atoms. The lowest BCUT2D eigenvalue weighted by Gasteiger charge is -2.33. The molecule has 1 aromatic rings. The highest BCUT2D eigenvalue weighted by atomic mass is 15.2. The molecule has 3 heteroatoms. The van der Waals surface area contributed by atoms with Crippen LogP contribution in [0.4, 0.5) is 5.69 Å². The summed E-state index contributed by atoms with van der Waals surface area (Å²) in [6, 6.07) is 9.28. The molecule has 0 radical (unpaired) electrons. The van der Waals surface area contributed by atoms with Crippen LogP contribution in [0.5, 0.6) is 0 Å². The molecule has 2 rings (SSSR count). The number of hydrogen-bond acceptors (Lipinski definition) is 3. The Labute approximate surface area is 111 Å². The summed E-state index contributed by atoms with van der Waals surface area (Å²) in [4.78, 5) is 4.74. The molecule has 0 spiro atoms. The van der Waals surface area contributed by atoms with E-state index in [9.17, 15) is 0 Å². The van der Waals surface area contributed by atoms with Crippen molar-refractivity contribution in [2.75, 3.05) is 46.1 Å². The first-order chi connectivity index (χ1) is 8.66. The Morgan fingerprint density at radius 1 is 1.17 bits per heavy atom. The van der Waals surface area contributed by atoms with Gasteiger partial charge in [0.25, 0.3) is 0 Å². The number of fused-ring (bicyclic) bond motifs is 1. The van der Waals surface area contributed by atoms with E-state index in [0.717, 1.165) is 6.54 Å². The van der Waals surface area contributed by atoms with Gasteiger partial charge in [-0.3, -0.25) is 0 Å². The summed E-state index contributed by atoms with van der Waals surface area (Å²) < 4.78 is 0. The zero-order valence-electron chi connectivity index (χ0n) is 11.8. The molecule has 100 valence electrons. The Balaban J connectivity index is 1.84. The van der Waals surface area contributed by atoms with E-state index in [0.29, 0.717) is 6.04 Å². The van der Waals surface area contributed by atoms with Crippen LogP contribution in [0.1, 0.15) is 12.0 Å². The topological polar surface area (TPSA) is 18.5 Å². The second-order valence-electron chi connectivity index (χ2n) is 5.53. The van der Waals surface area contributed by atoms with E-state index < -0.39 is 0 Å². The van der Waals surface area contributed by atoms with Crippen molar-refractivity contribution in [1.29, 1.82) is 0 Å². The highest BCUT2D eigenvalue weighted by Crippen LogP contribution is 2.23. The predicted octanol–water partition coefficient (Wildman–Crippen LogP) is 1.91. The normalized spacial score (nSPS) is 18.8. The maximum atomic E-state index is 3.54. The first-order valence-electron chi connectivity index (χ1n) is 6.83. The van der Waals surface area contributed by atoms with Crippen LogP contribution in [0.25, 0.3) is 0 Å². The van der Waals surface area contributed by atoms with E-state index >= 15 is 0 Å². The minimum Gasteiger partial charge on any atom is -0.383 e. The molecule has 1 heterocycles. The van der Waals surface area contributed by atoms with Gasteiger partial charge < -0.3 is 15.1 Å². The third-order valence-electron chi connectivity index (χ3n) is 3.74. The molecule has 0 aliphatic carbocycles. The van der Waals surface area contributed by atoms with Crippen molar-refractivity contribution in [2.45, 2.75) is 18.9 Å². The predicted molar refractivity (Wildman–Crippen MR) is 78.2 cm³/mol. The number of benzene rings is 1. The van der Waals surface area contributed by atoms with E-state index in [2.05, 4.69) is 60.5 Å². The number of rotatable bonds is 5. The van der Waals surface area contributed by atoms with Crippen molar-refractivity contribution in [3.63, 3.8) is 0 Å². The first kappa shape index (κ1) is 13.4. The van der Waals surface area contributed by atoms with Gasteiger partial charge in [0, 0.05) is 18.3 Å². The fourth-order valence-electron chi connectivity index (χ4n) is 2.56. The van der Waals surface area contributed by atoms with Gasteiger partial charge in [0.2, 0.25) is 0 Å². The molecule has 18 heavy (non-hydrogen) atoms. The molecule has 1 atom stereocenters. The average molecular weight is 247 g/mol. The largest absolute Gasteiger partial charge is 0.383 e. The van der Waals surface area contributed by atoms with Gasteiger partial charge in [-0.1, -0.05) is 18.2 Å². The van der Waals surface area contributed by atoms with E-state index in [1.54, 1.807) is 0 Å². The summed E-state index contributed by atoms with van der Waals surface area (Å²) in [6.45, 7) is 3.41. The first-order valence-corrected chi connectivity index (χ1v) is 6.83. The molecule has 1 aliphatic heterocycles. The lowest BCUT2D eigenvalue weighted by atomic mass is 9.99. The van der Waals surface area contributed by atoms with Gasteiger partial charge in [-0.25, -0.2) is 0 Å². The highest BCUT2D eigenvalue weighted by molar-refractivity contribution is 5.53. The molecule has 0 amide bonds. The molecule has 0 fully saturated rings. The van der Waals surface area contributed by atoms with Crippen LogP contribution < -0.4 is 5.32 Å². The van der Waals surface area contributed by atoms with Crippen molar-refractivity contribution in [2.24, 2.45) is 0 Å². The fourth-order valence-corrected chi connectivity index (χ4v) is 2.56. The third-order valence-corrected chi connectivity index (χ3v) is 3.74. The fraction of sp³-hybridized carbons (Fsp3) is 0.600. The summed E-state index contributed by atoms with van der Waals surface area (Å²) >= 11 is 0. The Hall–Kier alpha value is -1.06. The molecule has 1 unspecified atom stereocenters.